The number of benzene rings is 2. The fraction of sp³-hybridized carbons (Fsp3) is 0.316. The molecule has 1 fully saturated rings. The standard InChI is InChI=1S/C19H20FN3O/c1-22-12-15(10-11-17(22)13-6-8-14(20)9-7-13)23-18-5-3-2-4-16(18)21-19(23)24/h2-9,15,17H,10-12H2,1H3,(H,21,24)/t15-,17-/m0/s1. The van der Waals surface area contributed by atoms with Gasteiger partial charge in [0.1, 0.15) is 5.82 Å². The maximum Gasteiger partial charge on any atom is 0.326 e. The molecule has 3 aromatic rings. The molecule has 2 aromatic carbocycles. The first-order valence-corrected chi connectivity index (χ1v) is 8.28. The Kier molecular flexibility index (Phi) is 3.73. The Hall–Kier alpha value is -2.40. The van der Waals surface area contributed by atoms with Gasteiger partial charge in [-0.2, -0.15) is 0 Å². The van der Waals surface area contributed by atoms with Gasteiger partial charge >= 0.3 is 5.69 Å². The SMILES string of the molecule is CN1C[C@@H](n2c(=O)[nH]c3ccccc32)CC[C@H]1c1ccc(F)cc1. The first kappa shape index (κ1) is 15.1. The van der Waals surface area contributed by atoms with Gasteiger partial charge in [0.15, 0.2) is 0 Å². The molecule has 24 heavy (non-hydrogen) atoms. The average molecular weight is 325 g/mol. The van der Waals surface area contributed by atoms with E-state index in [1.807, 2.05) is 41.0 Å². The lowest BCUT2D eigenvalue weighted by atomic mass is 9.93. The van der Waals surface area contributed by atoms with Gasteiger partial charge in [-0.3, -0.25) is 9.47 Å². The zero-order chi connectivity index (χ0) is 16.7. The van der Waals surface area contributed by atoms with E-state index in [2.05, 4.69) is 16.9 Å². The molecule has 0 aliphatic carbocycles. The Balaban J connectivity index is 1.61. The van der Waals surface area contributed by atoms with Crippen molar-refractivity contribution >= 4 is 11.0 Å². The molecule has 0 radical (unpaired) electrons. The molecule has 2 atom stereocenters. The van der Waals surface area contributed by atoms with Gasteiger partial charge in [0.2, 0.25) is 0 Å². The van der Waals surface area contributed by atoms with E-state index in [9.17, 15) is 9.18 Å². The Labute approximate surface area is 139 Å². The molecule has 0 spiro atoms. The van der Waals surface area contributed by atoms with Crippen molar-refractivity contribution in [3.05, 3.63) is 70.4 Å². The van der Waals surface area contributed by atoms with Gasteiger partial charge in [0.25, 0.3) is 0 Å². The van der Waals surface area contributed by atoms with Gasteiger partial charge in [-0.05, 0) is 49.7 Å². The van der Waals surface area contributed by atoms with Crippen molar-refractivity contribution < 1.29 is 4.39 Å². The number of halogens is 1. The van der Waals surface area contributed by atoms with E-state index in [0.717, 1.165) is 36.0 Å². The van der Waals surface area contributed by atoms with E-state index < -0.39 is 0 Å². The van der Waals surface area contributed by atoms with Crippen LogP contribution in [-0.4, -0.2) is 28.0 Å². The van der Waals surface area contributed by atoms with Crippen LogP contribution in [0.5, 0.6) is 0 Å². The second-order valence-electron chi connectivity index (χ2n) is 6.56. The molecule has 1 aliphatic heterocycles. The zero-order valence-corrected chi connectivity index (χ0v) is 13.6. The summed E-state index contributed by atoms with van der Waals surface area (Å²) in [6.07, 6.45) is 1.87. The molecule has 4 nitrogen and oxygen atoms in total. The number of hydrogen-bond donors (Lipinski definition) is 1. The van der Waals surface area contributed by atoms with Crippen LogP contribution in [0.25, 0.3) is 11.0 Å². The average Bonchev–Trinajstić information content (AvgIpc) is 2.91. The van der Waals surface area contributed by atoms with E-state index in [1.165, 1.54) is 12.1 Å². The number of rotatable bonds is 2. The maximum absolute atomic E-state index is 13.1. The smallest absolute Gasteiger partial charge is 0.306 e. The van der Waals surface area contributed by atoms with Crippen molar-refractivity contribution in [1.29, 1.82) is 0 Å². The number of likely N-dealkylation sites (tertiary alicyclic amines) is 1. The van der Waals surface area contributed by atoms with Crippen LogP contribution < -0.4 is 5.69 Å². The third-order valence-corrected chi connectivity index (χ3v) is 5.05. The Bertz CT molecular complexity index is 912. The van der Waals surface area contributed by atoms with Crippen LogP contribution in [0.2, 0.25) is 0 Å². The van der Waals surface area contributed by atoms with Crippen molar-refractivity contribution in [2.75, 3.05) is 13.6 Å². The first-order valence-electron chi connectivity index (χ1n) is 8.28. The van der Waals surface area contributed by atoms with Crippen molar-refractivity contribution in [3.63, 3.8) is 0 Å². The molecule has 0 amide bonds. The predicted molar refractivity (Wildman–Crippen MR) is 92.6 cm³/mol. The van der Waals surface area contributed by atoms with Gasteiger partial charge in [0, 0.05) is 12.6 Å². The molecule has 1 saturated heterocycles. The van der Waals surface area contributed by atoms with Crippen molar-refractivity contribution in [2.45, 2.75) is 24.9 Å². The molecule has 0 bridgehead atoms. The number of hydrogen-bond acceptors (Lipinski definition) is 2. The number of imidazole rings is 1. The number of para-hydroxylation sites is 2. The van der Waals surface area contributed by atoms with Crippen LogP contribution >= 0.6 is 0 Å². The van der Waals surface area contributed by atoms with Crippen LogP contribution in [0, 0.1) is 5.82 Å². The molecule has 0 saturated carbocycles. The van der Waals surface area contributed by atoms with E-state index in [4.69, 9.17) is 0 Å². The number of aromatic nitrogens is 2. The summed E-state index contributed by atoms with van der Waals surface area (Å²) in [5.74, 6) is -0.208. The molecular weight excluding hydrogens is 305 g/mol. The van der Waals surface area contributed by atoms with Crippen LogP contribution in [-0.2, 0) is 0 Å². The van der Waals surface area contributed by atoms with Crippen molar-refractivity contribution in [1.82, 2.24) is 14.5 Å². The number of aromatic amines is 1. The summed E-state index contributed by atoms with van der Waals surface area (Å²) in [6, 6.07) is 15.0. The molecule has 1 aromatic heterocycles. The second-order valence-corrected chi connectivity index (χ2v) is 6.56. The van der Waals surface area contributed by atoms with Gasteiger partial charge in [0.05, 0.1) is 17.1 Å². The van der Waals surface area contributed by atoms with E-state index >= 15 is 0 Å². The highest BCUT2D eigenvalue weighted by Crippen LogP contribution is 2.34. The highest BCUT2D eigenvalue weighted by molar-refractivity contribution is 5.75. The quantitative estimate of drug-likeness (QED) is 0.784. The topological polar surface area (TPSA) is 41.0 Å². The second kappa shape index (κ2) is 5.91. The number of nitrogens with one attached hydrogen (secondary N) is 1. The molecule has 0 unspecified atom stereocenters. The number of piperidine rings is 1. The third kappa shape index (κ3) is 2.55. The summed E-state index contributed by atoms with van der Waals surface area (Å²) in [6.45, 7) is 0.795. The van der Waals surface area contributed by atoms with Gasteiger partial charge in [-0.25, -0.2) is 9.18 Å². The predicted octanol–water partition coefficient (Wildman–Crippen LogP) is 3.48. The van der Waals surface area contributed by atoms with Crippen LogP contribution in [0.15, 0.2) is 53.3 Å². The molecule has 1 N–H and O–H groups in total. The van der Waals surface area contributed by atoms with Crippen LogP contribution in [0.1, 0.15) is 30.5 Å². The highest BCUT2D eigenvalue weighted by atomic mass is 19.1. The lowest BCUT2D eigenvalue weighted by Gasteiger charge is -2.38. The molecule has 124 valence electrons. The summed E-state index contributed by atoms with van der Waals surface area (Å²) in [7, 11) is 2.07. The monoisotopic (exact) mass is 325 g/mol. The van der Waals surface area contributed by atoms with Gasteiger partial charge in [-0.1, -0.05) is 24.3 Å². The summed E-state index contributed by atoms with van der Waals surface area (Å²) in [5.41, 5.74) is 2.92. The lowest BCUT2D eigenvalue weighted by molar-refractivity contribution is 0.142. The minimum absolute atomic E-state index is 0.0465. The minimum Gasteiger partial charge on any atom is -0.306 e. The number of fused-ring (bicyclic) bond motifs is 1. The number of nitrogens with zero attached hydrogens (tertiary/aromatic N) is 2. The fourth-order valence-electron chi connectivity index (χ4n) is 3.88. The third-order valence-electron chi connectivity index (χ3n) is 5.05. The van der Waals surface area contributed by atoms with Gasteiger partial charge in [-0.15, -0.1) is 0 Å². The Morgan fingerprint density at radius 3 is 2.58 bits per heavy atom. The summed E-state index contributed by atoms with van der Waals surface area (Å²) >= 11 is 0. The first-order chi connectivity index (χ1) is 11.6. The minimum atomic E-state index is -0.208. The largest absolute Gasteiger partial charge is 0.326 e. The van der Waals surface area contributed by atoms with Crippen LogP contribution in [0.4, 0.5) is 4.39 Å². The fourth-order valence-corrected chi connectivity index (χ4v) is 3.88. The maximum atomic E-state index is 13.1. The Morgan fingerprint density at radius 1 is 1.08 bits per heavy atom. The normalized spacial score (nSPS) is 22.1. The molecule has 5 heteroatoms. The summed E-state index contributed by atoms with van der Waals surface area (Å²) in [4.78, 5) is 17.6. The number of likely N-dealkylation sites (N-methyl/N-ethyl adjacent to an activating group) is 1. The molecule has 4 rings (SSSR count). The van der Waals surface area contributed by atoms with E-state index in [0.29, 0.717) is 0 Å². The molecular formula is C19H20FN3O. The lowest BCUT2D eigenvalue weighted by Crippen LogP contribution is -2.39. The summed E-state index contributed by atoms with van der Waals surface area (Å²) in [5, 5.41) is 0. The van der Waals surface area contributed by atoms with E-state index in [1.54, 1.807) is 0 Å². The zero-order valence-electron chi connectivity index (χ0n) is 13.6. The molecule has 1 aliphatic rings. The summed E-state index contributed by atoms with van der Waals surface area (Å²) < 4.78 is 15.0. The van der Waals surface area contributed by atoms with E-state index in [-0.39, 0.29) is 23.6 Å². The van der Waals surface area contributed by atoms with Crippen molar-refractivity contribution in [3.8, 4) is 0 Å². The van der Waals surface area contributed by atoms with Crippen molar-refractivity contribution in [2.24, 2.45) is 0 Å². The van der Waals surface area contributed by atoms with Crippen LogP contribution in [0.3, 0.4) is 0 Å². The highest BCUT2D eigenvalue weighted by Gasteiger charge is 2.29. The Morgan fingerprint density at radius 2 is 1.83 bits per heavy atom. The number of H-pyrrole nitrogens is 1. The van der Waals surface area contributed by atoms with Gasteiger partial charge < -0.3 is 4.98 Å². The molecule has 2 heterocycles.